The lowest BCUT2D eigenvalue weighted by molar-refractivity contribution is -0.125. The zero-order valence-corrected chi connectivity index (χ0v) is 28.3. The summed E-state index contributed by atoms with van der Waals surface area (Å²) in [6.07, 6.45) is 1.53. The van der Waals surface area contributed by atoms with E-state index in [1.54, 1.807) is 42.3 Å². The number of aromatic nitrogens is 3. The first-order valence-electron chi connectivity index (χ1n) is 15.9. The highest BCUT2D eigenvalue weighted by atomic mass is 16.5. The van der Waals surface area contributed by atoms with E-state index in [4.69, 9.17) is 14.6 Å². The number of rotatable bonds is 12. The Labute approximate surface area is 285 Å². The second kappa shape index (κ2) is 15.4. The summed E-state index contributed by atoms with van der Waals surface area (Å²) in [5.41, 5.74) is 3.66. The van der Waals surface area contributed by atoms with E-state index in [0.29, 0.717) is 41.8 Å². The van der Waals surface area contributed by atoms with Gasteiger partial charge in [-0.05, 0) is 37.3 Å². The fraction of sp³-hybridized carbons (Fsp3) is 0.270. The van der Waals surface area contributed by atoms with E-state index in [2.05, 4.69) is 47.0 Å². The normalized spacial score (nSPS) is 11.2. The number of urea groups is 1. The quantitative estimate of drug-likeness (QED) is 0.122. The molecule has 3 aromatic carbocycles. The Hall–Kier alpha value is -5.75. The second-order valence-electron chi connectivity index (χ2n) is 12.5. The molecule has 12 nitrogen and oxygen atoms in total. The Morgan fingerprint density at radius 3 is 2.35 bits per heavy atom. The van der Waals surface area contributed by atoms with E-state index < -0.39 is 6.03 Å². The van der Waals surface area contributed by atoms with Crippen molar-refractivity contribution in [1.82, 2.24) is 25.4 Å². The van der Waals surface area contributed by atoms with Gasteiger partial charge in [-0.1, -0.05) is 62.7 Å². The number of amides is 4. The molecule has 0 radical (unpaired) electrons. The SMILES string of the molecule is COCCNC(=O)CNC(=O)Cc1cc(Oc2ccc(NC(=O)Nc3cc(C(C)(C)C)nn3-c3ccc(C)cc3)c3ccccc23)ccn1. The minimum atomic E-state index is -0.419. The van der Waals surface area contributed by atoms with E-state index in [0.717, 1.165) is 27.7 Å². The van der Waals surface area contributed by atoms with Gasteiger partial charge < -0.3 is 25.4 Å². The largest absolute Gasteiger partial charge is 0.457 e. The number of aryl methyl sites for hydroxylation is 1. The van der Waals surface area contributed by atoms with E-state index >= 15 is 0 Å². The average molecular weight is 664 g/mol. The molecule has 0 aliphatic rings. The Kier molecular flexibility index (Phi) is 10.9. The molecular weight excluding hydrogens is 622 g/mol. The molecule has 0 atom stereocenters. The highest BCUT2D eigenvalue weighted by Gasteiger charge is 2.22. The number of nitrogens with zero attached hydrogens (tertiary/aromatic N) is 3. The number of nitrogens with one attached hydrogen (secondary N) is 4. The third kappa shape index (κ3) is 9.20. The topological polar surface area (TPSA) is 148 Å². The highest BCUT2D eigenvalue weighted by Crippen LogP contribution is 2.35. The molecule has 0 bridgehead atoms. The molecule has 0 saturated heterocycles. The molecule has 0 saturated carbocycles. The number of carbonyl (C=O) groups is 3. The van der Waals surface area contributed by atoms with Crippen LogP contribution in [0.4, 0.5) is 16.3 Å². The van der Waals surface area contributed by atoms with Gasteiger partial charge in [0.1, 0.15) is 17.3 Å². The Balaban J connectivity index is 1.28. The van der Waals surface area contributed by atoms with E-state index in [-0.39, 0.29) is 30.2 Å². The van der Waals surface area contributed by atoms with Crippen LogP contribution in [-0.4, -0.2) is 59.4 Å². The van der Waals surface area contributed by atoms with Crippen LogP contribution in [0.3, 0.4) is 0 Å². The minimum Gasteiger partial charge on any atom is -0.457 e. The summed E-state index contributed by atoms with van der Waals surface area (Å²) in [6, 6.07) is 23.9. The van der Waals surface area contributed by atoms with Crippen LogP contribution in [0.1, 0.15) is 37.7 Å². The highest BCUT2D eigenvalue weighted by molar-refractivity contribution is 6.07. The summed E-state index contributed by atoms with van der Waals surface area (Å²) < 4.78 is 12.9. The molecule has 0 unspecified atom stereocenters. The molecule has 0 fully saturated rings. The maximum Gasteiger partial charge on any atom is 0.324 e. The van der Waals surface area contributed by atoms with Gasteiger partial charge in [-0.15, -0.1) is 0 Å². The lowest BCUT2D eigenvalue weighted by atomic mass is 9.92. The number of hydrogen-bond donors (Lipinski definition) is 4. The monoisotopic (exact) mass is 663 g/mol. The zero-order chi connectivity index (χ0) is 35.0. The number of pyridine rings is 1. The Bertz CT molecular complexity index is 1950. The van der Waals surface area contributed by atoms with Crippen LogP contribution in [0.15, 0.2) is 85.1 Å². The van der Waals surface area contributed by atoms with Crippen molar-refractivity contribution in [1.29, 1.82) is 0 Å². The Morgan fingerprint density at radius 2 is 1.61 bits per heavy atom. The number of fused-ring (bicyclic) bond motifs is 1. The molecule has 0 aliphatic carbocycles. The number of ether oxygens (including phenoxy) is 2. The van der Waals surface area contributed by atoms with Gasteiger partial charge in [0, 0.05) is 48.2 Å². The molecule has 2 aromatic heterocycles. The van der Waals surface area contributed by atoms with Gasteiger partial charge in [-0.2, -0.15) is 5.10 Å². The van der Waals surface area contributed by atoms with Crippen LogP contribution in [0.25, 0.3) is 16.5 Å². The van der Waals surface area contributed by atoms with Gasteiger partial charge in [0.2, 0.25) is 11.8 Å². The summed E-state index contributed by atoms with van der Waals surface area (Å²) in [4.78, 5) is 42.0. The molecule has 4 amide bonds. The number of hydrogen-bond acceptors (Lipinski definition) is 7. The predicted molar refractivity (Wildman–Crippen MR) is 190 cm³/mol. The molecule has 0 spiro atoms. The molecule has 0 aliphatic heterocycles. The van der Waals surface area contributed by atoms with Crippen molar-refractivity contribution in [2.24, 2.45) is 0 Å². The molecule has 2 heterocycles. The van der Waals surface area contributed by atoms with Crippen LogP contribution in [0.2, 0.25) is 0 Å². The van der Waals surface area contributed by atoms with E-state index in [1.807, 2.05) is 61.5 Å². The third-order valence-corrected chi connectivity index (χ3v) is 7.56. The summed E-state index contributed by atoms with van der Waals surface area (Å²) in [5, 5.41) is 17.6. The van der Waals surface area contributed by atoms with Gasteiger partial charge >= 0.3 is 6.03 Å². The van der Waals surface area contributed by atoms with Crippen molar-refractivity contribution in [2.75, 3.05) is 37.4 Å². The Morgan fingerprint density at radius 1 is 0.857 bits per heavy atom. The maximum absolute atomic E-state index is 13.4. The number of methoxy groups -OCH3 is 1. The third-order valence-electron chi connectivity index (χ3n) is 7.56. The first-order valence-corrected chi connectivity index (χ1v) is 15.9. The molecule has 49 heavy (non-hydrogen) atoms. The van der Waals surface area contributed by atoms with Gasteiger partial charge in [-0.3, -0.25) is 19.9 Å². The molecule has 12 heteroatoms. The van der Waals surface area contributed by atoms with Crippen molar-refractivity contribution in [2.45, 2.75) is 39.5 Å². The van der Waals surface area contributed by atoms with Gasteiger partial charge in [0.15, 0.2) is 0 Å². The van der Waals surface area contributed by atoms with Gasteiger partial charge in [-0.25, -0.2) is 9.48 Å². The summed E-state index contributed by atoms with van der Waals surface area (Å²) in [7, 11) is 1.54. The predicted octanol–water partition coefficient (Wildman–Crippen LogP) is 5.88. The maximum atomic E-state index is 13.4. The number of benzene rings is 3. The van der Waals surface area contributed by atoms with Crippen LogP contribution in [0, 0.1) is 6.92 Å². The van der Waals surface area contributed by atoms with Crippen LogP contribution in [0.5, 0.6) is 11.5 Å². The van der Waals surface area contributed by atoms with Gasteiger partial charge in [0.05, 0.1) is 42.3 Å². The summed E-state index contributed by atoms with van der Waals surface area (Å²) >= 11 is 0. The smallest absolute Gasteiger partial charge is 0.324 e. The first kappa shape index (κ1) is 34.6. The summed E-state index contributed by atoms with van der Waals surface area (Å²) in [5.74, 6) is 0.937. The zero-order valence-electron chi connectivity index (χ0n) is 28.3. The van der Waals surface area contributed by atoms with Crippen LogP contribution in [-0.2, 0) is 26.2 Å². The number of carbonyl (C=O) groups excluding carboxylic acids is 3. The summed E-state index contributed by atoms with van der Waals surface area (Å²) in [6.45, 7) is 8.87. The van der Waals surface area contributed by atoms with Crippen molar-refractivity contribution < 1.29 is 23.9 Å². The first-order chi connectivity index (χ1) is 23.5. The molecule has 5 rings (SSSR count). The van der Waals surface area contributed by atoms with Gasteiger partial charge in [0.25, 0.3) is 0 Å². The fourth-order valence-corrected chi connectivity index (χ4v) is 4.96. The minimum absolute atomic E-state index is 0.0265. The average Bonchev–Trinajstić information content (AvgIpc) is 3.50. The second-order valence-corrected chi connectivity index (χ2v) is 12.5. The fourth-order valence-electron chi connectivity index (χ4n) is 4.96. The lowest BCUT2D eigenvalue weighted by Crippen LogP contribution is -2.38. The standard InChI is InChI=1S/C37H41N7O5/c1-24-10-12-26(13-11-24)44-33(22-32(43-44)37(2,3)4)42-36(47)41-30-14-15-31(29-9-7-6-8-28(29)30)49-27-16-17-38-25(20-27)21-34(45)40-23-35(46)39-18-19-48-5/h6-17,20,22H,18-19,21,23H2,1-5H3,(H,39,46)(H,40,45)(H2,41,42,47). The molecule has 254 valence electrons. The van der Waals surface area contributed by atoms with Crippen LogP contribution >= 0.6 is 0 Å². The van der Waals surface area contributed by atoms with E-state index in [9.17, 15) is 14.4 Å². The van der Waals surface area contributed by atoms with Crippen LogP contribution < -0.4 is 26.0 Å². The molecule has 5 aromatic rings. The lowest BCUT2D eigenvalue weighted by Gasteiger charge is -2.14. The molecule has 4 N–H and O–H groups in total. The number of anilines is 2. The molecular formula is C37H41N7O5. The van der Waals surface area contributed by atoms with Crippen molar-refractivity contribution in [3.63, 3.8) is 0 Å². The van der Waals surface area contributed by atoms with Crippen molar-refractivity contribution >= 4 is 40.1 Å². The van der Waals surface area contributed by atoms with Crippen molar-refractivity contribution in [3.8, 4) is 17.2 Å². The van der Waals surface area contributed by atoms with Crippen molar-refractivity contribution in [3.05, 3.63) is 102 Å². The van der Waals surface area contributed by atoms with E-state index in [1.165, 1.54) is 0 Å².